The number of sulfonamides is 1. The van der Waals surface area contributed by atoms with Crippen molar-refractivity contribution in [3.05, 3.63) is 59.7 Å². The van der Waals surface area contributed by atoms with Crippen molar-refractivity contribution in [3.8, 4) is 0 Å². The van der Waals surface area contributed by atoms with Gasteiger partial charge in [-0.15, -0.1) is 0 Å². The van der Waals surface area contributed by atoms with Crippen LogP contribution in [0.15, 0.2) is 47.4 Å². The van der Waals surface area contributed by atoms with Crippen LogP contribution in [0.2, 0.25) is 0 Å². The summed E-state index contributed by atoms with van der Waals surface area (Å²) in [4.78, 5) is 19.1. The first kappa shape index (κ1) is 22.9. The van der Waals surface area contributed by atoms with E-state index in [1.165, 1.54) is 24.3 Å². The number of rotatable bonds is 9. The minimum atomic E-state index is -3.82. The van der Waals surface area contributed by atoms with Crippen molar-refractivity contribution >= 4 is 27.0 Å². The lowest BCUT2D eigenvalue weighted by molar-refractivity contribution is -0.131. The molecule has 9 heteroatoms. The smallest absolute Gasteiger partial charge is 0.238 e. The number of halogens is 1. The van der Waals surface area contributed by atoms with Crippen LogP contribution in [-0.4, -0.2) is 35.3 Å². The molecule has 1 heterocycles. The Bertz CT molecular complexity index is 1190. The summed E-state index contributed by atoms with van der Waals surface area (Å²) in [6.07, 6.45) is 1.53. The van der Waals surface area contributed by atoms with Gasteiger partial charge in [-0.3, -0.25) is 4.79 Å². The van der Waals surface area contributed by atoms with Gasteiger partial charge in [-0.1, -0.05) is 19.1 Å². The van der Waals surface area contributed by atoms with Gasteiger partial charge in [0.1, 0.15) is 11.6 Å². The van der Waals surface area contributed by atoms with E-state index in [4.69, 9.17) is 5.14 Å². The van der Waals surface area contributed by atoms with Crippen molar-refractivity contribution < 1.29 is 17.6 Å². The predicted octanol–water partition coefficient (Wildman–Crippen LogP) is 3.21. The lowest BCUT2D eigenvalue weighted by Gasteiger charge is -2.21. The number of nitrogens with zero attached hydrogens (tertiary/aromatic N) is 3. The van der Waals surface area contributed by atoms with Crippen molar-refractivity contribution in [1.82, 2.24) is 14.5 Å². The van der Waals surface area contributed by atoms with Crippen LogP contribution in [0.5, 0.6) is 0 Å². The molecule has 0 atom stereocenters. The van der Waals surface area contributed by atoms with Gasteiger partial charge in [-0.25, -0.2) is 22.9 Å². The third-order valence-corrected chi connectivity index (χ3v) is 6.04. The second-order valence-corrected chi connectivity index (χ2v) is 8.97. The van der Waals surface area contributed by atoms with Crippen LogP contribution in [0.25, 0.3) is 11.0 Å². The van der Waals surface area contributed by atoms with Crippen molar-refractivity contribution in [3.63, 3.8) is 0 Å². The minimum absolute atomic E-state index is 0.0102. The molecule has 7 nitrogen and oxygen atoms in total. The van der Waals surface area contributed by atoms with Crippen LogP contribution < -0.4 is 5.14 Å². The average Bonchev–Trinajstić information content (AvgIpc) is 3.07. The van der Waals surface area contributed by atoms with Gasteiger partial charge in [-0.2, -0.15) is 0 Å². The van der Waals surface area contributed by atoms with Gasteiger partial charge in [0, 0.05) is 32.5 Å². The highest BCUT2D eigenvalue weighted by Crippen LogP contribution is 2.22. The molecule has 0 aliphatic carbocycles. The number of nitrogens with two attached hydrogens (primary N) is 1. The maximum absolute atomic E-state index is 13.5. The zero-order valence-corrected chi connectivity index (χ0v) is 18.5. The second kappa shape index (κ2) is 9.57. The molecule has 0 unspecified atom stereocenters. The standard InChI is InChI=1S/C22H27FN4O3S/c1-3-12-27-20-9-8-18(31(24,29)30)14-19(20)25-21(27)10-11-22(28)26(4-2)15-16-6-5-7-17(23)13-16/h5-9,13-14H,3-4,10-12,15H2,1-2H3,(H2,24,29,30). The van der Waals surface area contributed by atoms with Crippen LogP contribution >= 0.6 is 0 Å². The van der Waals surface area contributed by atoms with Crippen LogP contribution in [0, 0.1) is 5.82 Å². The maximum Gasteiger partial charge on any atom is 0.238 e. The molecule has 2 aromatic carbocycles. The molecule has 2 N–H and O–H groups in total. The van der Waals surface area contributed by atoms with Crippen LogP contribution in [0.4, 0.5) is 4.39 Å². The summed E-state index contributed by atoms with van der Waals surface area (Å²) < 4.78 is 38.8. The molecule has 3 rings (SSSR count). The fourth-order valence-electron chi connectivity index (χ4n) is 3.61. The zero-order chi connectivity index (χ0) is 22.6. The number of benzene rings is 2. The second-order valence-electron chi connectivity index (χ2n) is 7.41. The Kier molecular flexibility index (Phi) is 7.07. The average molecular weight is 447 g/mol. The summed E-state index contributed by atoms with van der Waals surface area (Å²) in [5.74, 6) is 0.346. The van der Waals surface area contributed by atoms with E-state index in [-0.39, 0.29) is 23.0 Å². The summed E-state index contributed by atoms with van der Waals surface area (Å²) >= 11 is 0. The molecule has 0 aliphatic heterocycles. The highest BCUT2D eigenvalue weighted by atomic mass is 32.2. The Balaban J connectivity index is 1.79. The third-order valence-electron chi connectivity index (χ3n) is 5.13. The van der Waals surface area contributed by atoms with E-state index in [0.717, 1.165) is 23.3 Å². The number of aromatic nitrogens is 2. The molecule has 0 bridgehead atoms. The fraction of sp³-hybridized carbons (Fsp3) is 0.364. The number of aryl methyl sites for hydroxylation is 2. The molecular weight excluding hydrogens is 419 g/mol. The number of carbonyl (C=O) groups is 1. The van der Waals surface area contributed by atoms with Crippen molar-refractivity contribution in [1.29, 1.82) is 0 Å². The number of hydrogen-bond donors (Lipinski definition) is 1. The van der Waals surface area contributed by atoms with E-state index >= 15 is 0 Å². The number of carbonyl (C=O) groups excluding carboxylic acids is 1. The highest BCUT2D eigenvalue weighted by molar-refractivity contribution is 7.89. The number of imidazole rings is 1. The summed E-state index contributed by atoms with van der Waals surface area (Å²) in [6.45, 7) is 5.49. The van der Waals surface area contributed by atoms with Crippen LogP contribution in [0.1, 0.15) is 38.1 Å². The Labute approximate surface area is 181 Å². The first-order valence-corrected chi connectivity index (χ1v) is 11.8. The van der Waals surface area contributed by atoms with E-state index in [2.05, 4.69) is 4.98 Å². The molecule has 31 heavy (non-hydrogen) atoms. The van der Waals surface area contributed by atoms with E-state index < -0.39 is 10.0 Å². The minimum Gasteiger partial charge on any atom is -0.339 e. The van der Waals surface area contributed by atoms with E-state index in [1.807, 2.05) is 18.4 Å². The van der Waals surface area contributed by atoms with E-state index in [1.54, 1.807) is 23.1 Å². The Morgan fingerprint density at radius 2 is 1.97 bits per heavy atom. The summed E-state index contributed by atoms with van der Waals surface area (Å²) in [6, 6.07) is 10.9. The first-order valence-electron chi connectivity index (χ1n) is 10.3. The van der Waals surface area contributed by atoms with Crippen molar-refractivity contribution in [2.24, 2.45) is 5.14 Å². The molecule has 1 amide bonds. The molecule has 0 saturated carbocycles. The molecule has 0 spiro atoms. The van der Waals surface area contributed by atoms with Gasteiger partial charge in [0.05, 0.1) is 15.9 Å². The number of hydrogen-bond acceptors (Lipinski definition) is 4. The molecule has 0 fully saturated rings. The number of fused-ring (bicyclic) bond motifs is 1. The zero-order valence-electron chi connectivity index (χ0n) is 17.7. The molecule has 0 radical (unpaired) electrons. The SMILES string of the molecule is CCCn1c(CCC(=O)N(CC)Cc2cccc(F)c2)nc2cc(S(N)(=O)=O)ccc21. The molecule has 1 aromatic heterocycles. The maximum atomic E-state index is 13.5. The van der Waals surface area contributed by atoms with Crippen LogP contribution in [-0.2, 0) is 34.3 Å². The number of amides is 1. The lowest BCUT2D eigenvalue weighted by atomic mass is 10.2. The largest absolute Gasteiger partial charge is 0.339 e. The van der Waals surface area contributed by atoms with Crippen molar-refractivity contribution in [2.45, 2.75) is 51.1 Å². The van der Waals surface area contributed by atoms with Gasteiger partial charge in [-0.05, 0) is 49.2 Å². The van der Waals surface area contributed by atoms with E-state index in [9.17, 15) is 17.6 Å². The van der Waals surface area contributed by atoms with Crippen LogP contribution in [0.3, 0.4) is 0 Å². The molecular formula is C22H27FN4O3S. The summed E-state index contributed by atoms with van der Waals surface area (Å²) in [5.41, 5.74) is 2.09. The molecule has 3 aromatic rings. The Morgan fingerprint density at radius 1 is 1.19 bits per heavy atom. The first-order chi connectivity index (χ1) is 14.7. The lowest BCUT2D eigenvalue weighted by Crippen LogP contribution is -2.30. The predicted molar refractivity (Wildman–Crippen MR) is 117 cm³/mol. The normalized spacial score (nSPS) is 11.7. The topological polar surface area (TPSA) is 98.3 Å². The third kappa shape index (κ3) is 5.48. The molecule has 0 aliphatic rings. The van der Waals surface area contributed by atoms with Gasteiger partial charge >= 0.3 is 0 Å². The van der Waals surface area contributed by atoms with E-state index in [0.29, 0.717) is 31.6 Å². The Morgan fingerprint density at radius 3 is 2.61 bits per heavy atom. The monoisotopic (exact) mass is 446 g/mol. The van der Waals surface area contributed by atoms with Gasteiger partial charge < -0.3 is 9.47 Å². The molecule has 0 saturated heterocycles. The summed E-state index contributed by atoms with van der Waals surface area (Å²) in [7, 11) is -3.82. The van der Waals surface area contributed by atoms with Crippen molar-refractivity contribution in [2.75, 3.05) is 6.54 Å². The van der Waals surface area contributed by atoms with Gasteiger partial charge in [0.25, 0.3) is 0 Å². The molecule has 166 valence electrons. The quantitative estimate of drug-likeness (QED) is 0.546. The van der Waals surface area contributed by atoms with Gasteiger partial charge in [0.15, 0.2) is 0 Å². The van der Waals surface area contributed by atoms with Gasteiger partial charge in [0.2, 0.25) is 15.9 Å². The Hall–Kier alpha value is -2.78. The highest BCUT2D eigenvalue weighted by Gasteiger charge is 2.17. The summed E-state index contributed by atoms with van der Waals surface area (Å²) in [5, 5.41) is 5.23. The number of primary sulfonamides is 1. The fourth-order valence-corrected chi connectivity index (χ4v) is 4.14.